The van der Waals surface area contributed by atoms with Crippen LogP contribution in [0.1, 0.15) is 11.3 Å². The number of nitrogens with zero attached hydrogens (tertiary/aromatic N) is 2. The molecule has 0 aliphatic rings. The highest BCUT2D eigenvalue weighted by molar-refractivity contribution is 5.46. The summed E-state index contributed by atoms with van der Waals surface area (Å²) < 4.78 is 20.2. The van der Waals surface area contributed by atoms with E-state index in [0.717, 1.165) is 17.1 Å². The van der Waals surface area contributed by atoms with Crippen LogP contribution in [0.3, 0.4) is 0 Å². The SMILES string of the molecule is CNc1c(COc2ccc(F)cc2)c(C)nn1C. The summed E-state index contributed by atoms with van der Waals surface area (Å²) in [6, 6.07) is 5.98. The molecule has 0 saturated heterocycles. The second-order valence-corrected chi connectivity index (χ2v) is 4.03. The van der Waals surface area contributed by atoms with Crippen molar-refractivity contribution >= 4 is 5.82 Å². The minimum absolute atomic E-state index is 0.268. The van der Waals surface area contributed by atoms with Crippen molar-refractivity contribution in [2.45, 2.75) is 13.5 Å². The van der Waals surface area contributed by atoms with E-state index >= 15 is 0 Å². The van der Waals surface area contributed by atoms with Crippen molar-refractivity contribution < 1.29 is 9.13 Å². The molecule has 0 unspecified atom stereocenters. The molecule has 1 aromatic carbocycles. The zero-order valence-corrected chi connectivity index (χ0v) is 10.7. The maximum atomic E-state index is 12.8. The Labute approximate surface area is 105 Å². The van der Waals surface area contributed by atoms with Gasteiger partial charge in [0.1, 0.15) is 24.0 Å². The van der Waals surface area contributed by atoms with Crippen LogP contribution < -0.4 is 10.1 Å². The van der Waals surface area contributed by atoms with Crippen molar-refractivity contribution in [3.63, 3.8) is 0 Å². The lowest BCUT2D eigenvalue weighted by molar-refractivity contribution is 0.305. The van der Waals surface area contributed by atoms with Crippen molar-refractivity contribution in [3.8, 4) is 5.75 Å². The Balaban J connectivity index is 2.12. The van der Waals surface area contributed by atoms with Gasteiger partial charge in [-0.05, 0) is 31.2 Å². The molecule has 96 valence electrons. The molecule has 1 N–H and O–H groups in total. The number of aryl methyl sites for hydroxylation is 2. The molecule has 0 spiro atoms. The summed E-state index contributed by atoms with van der Waals surface area (Å²) in [5.41, 5.74) is 1.92. The highest BCUT2D eigenvalue weighted by Crippen LogP contribution is 2.21. The average molecular weight is 249 g/mol. The minimum atomic E-state index is -0.268. The van der Waals surface area contributed by atoms with Gasteiger partial charge < -0.3 is 10.1 Å². The standard InChI is InChI=1S/C13H16FN3O/c1-9-12(13(15-2)17(3)16-9)8-18-11-6-4-10(14)5-7-11/h4-7,15H,8H2,1-3H3. The lowest BCUT2D eigenvalue weighted by atomic mass is 10.2. The molecule has 1 aromatic heterocycles. The summed E-state index contributed by atoms with van der Waals surface area (Å²) in [5.74, 6) is 1.30. The van der Waals surface area contributed by atoms with Gasteiger partial charge in [0.2, 0.25) is 0 Å². The van der Waals surface area contributed by atoms with Crippen LogP contribution in [0.25, 0.3) is 0 Å². The van der Waals surface area contributed by atoms with Crippen LogP contribution in [-0.2, 0) is 13.7 Å². The number of nitrogens with one attached hydrogen (secondary N) is 1. The third kappa shape index (κ3) is 2.45. The molecule has 2 rings (SSSR count). The molecule has 0 atom stereocenters. The normalized spacial score (nSPS) is 10.4. The number of hydrogen-bond donors (Lipinski definition) is 1. The first kappa shape index (κ1) is 12.4. The molecule has 0 fully saturated rings. The smallest absolute Gasteiger partial charge is 0.130 e. The molecular weight excluding hydrogens is 233 g/mol. The molecule has 0 saturated carbocycles. The Morgan fingerprint density at radius 1 is 1.33 bits per heavy atom. The van der Waals surface area contributed by atoms with Crippen LogP contribution in [0.4, 0.5) is 10.2 Å². The van der Waals surface area contributed by atoms with E-state index < -0.39 is 0 Å². The summed E-state index contributed by atoms with van der Waals surface area (Å²) in [5, 5.41) is 7.41. The van der Waals surface area contributed by atoms with Gasteiger partial charge in [-0.2, -0.15) is 5.10 Å². The zero-order valence-electron chi connectivity index (χ0n) is 10.7. The van der Waals surface area contributed by atoms with E-state index in [9.17, 15) is 4.39 Å². The van der Waals surface area contributed by atoms with Gasteiger partial charge in [0.05, 0.1) is 11.3 Å². The lowest BCUT2D eigenvalue weighted by Gasteiger charge is -2.08. The zero-order chi connectivity index (χ0) is 13.1. The first-order valence-electron chi connectivity index (χ1n) is 5.70. The predicted octanol–water partition coefficient (Wildman–Crippen LogP) is 2.49. The van der Waals surface area contributed by atoms with Gasteiger partial charge in [-0.25, -0.2) is 4.39 Å². The van der Waals surface area contributed by atoms with Gasteiger partial charge in [-0.3, -0.25) is 4.68 Å². The molecule has 0 radical (unpaired) electrons. The number of ether oxygens (including phenoxy) is 1. The van der Waals surface area contributed by atoms with Gasteiger partial charge >= 0.3 is 0 Å². The molecule has 18 heavy (non-hydrogen) atoms. The number of halogens is 1. The molecular formula is C13H16FN3O. The molecule has 0 bridgehead atoms. The number of rotatable bonds is 4. The van der Waals surface area contributed by atoms with Crippen LogP contribution >= 0.6 is 0 Å². The monoisotopic (exact) mass is 249 g/mol. The fourth-order valence-electron chi connectivity index (χ4n) is 1.87. The van der Waals surface area contributed by atoms with Crippen LogP contribution in [-0.4, -0.2) is 16.8 Å². The van der Waals surface area contributed by atoms with E-state index in [1.54, 1.807) is 16.8 Å². The Hall–Kier alpha value is -2.04. The molecule has 0 aliphatic carbocycles. The van der Waals surface area contributed by atoms with E-state index in [1.165, 1.54) is 12.1 Å². The van der Waals surface area contributed by atoms with Crippen LogP contribution in [0, 0.1) is 12.7 Å². The van der Waals surface area contributed by atoms with E-state index in [0.29, 0.717) is 12.4 Å². The third-order valence-corrected chi connectivity index (χ3v) is 2.78. The van der Waals surface area contributed by atoms with Crippen molar-refractivity contribution in [2.24, 2.45) is 7.05 Å². The van der Waals surface area contributed by atoms with Gasteiger partial charge in [0.25, 0.3) is 0 Å². The van der Waals surface area contributed by atoms with Crippen LogP contribution in [0.5, 0.6) is 5.75 Å². The number of aromatic nitrogens is 2. The number of benzene rings is 1. The first-order valence-corrected chi connectivity index (χ1v) is 5.70. The Bertz CT molecular complexity index is 534. The van der Waals surface area contributed by atoms with E-state index in [4.69, 9.17) is 4.74 Å². The fraction of sp³-hybridized carbons (Fsp3) is 0.308. The quantitative estimate of drug-likeness (QED) is 0.904. The Morgan fingerprint density at radius 2 is 2.00 bits per heavy atom. The highest BCUT2D eigenvalue weighted by Gasteiger charge is 2.12. The van der Waals surface area contributed by atoms with E-state index in [2.05, 4.69) is 10.4 Å². The summed E-state index contributed by atoms with van der Waals surface area (Å²) >= 11 is 0. The second-order valence-electron chi connectivity index (χ2n) is 4.03. The van der Waals surface area contributed by atoms with Crippen molar-refractivity contribution in [1.82, 2.24) is 9.78 Å². The van der Waals surface area contributed by atoms with Gasteiger partial charge in [-0.15, -0.1) is 0 Å². The number of anilines is 1. The van der Waals surface area contributed by atoms with E-state index in [-0.39, 0.29) is 5.82 Å². The third-order valence-electron chi connectivity index (χ3n) is 2.78. The molecule has 5 heteroatoms. The Morgan fingerprint density at radius 3 is 2.61 bits per heavy atom. The topological polar surface area (TPSA) is 39.1 Å². The minimum Gasteiger partial charge on any atom is -0.489 e. The number of hydrogen-bond acceptors (Lipinski definition) is 3. The van der Waals surface area contributed by atoms with Gasteiger partial charge in [-0.1, -0.05) is 0 Å². The van der Waals surface area contributed by atoms with E-state index in [1.807, 2.05) is 21.0 Å². The summed E-state index contributed by atoms with van der Waals surface area (Å²) in [6.45, 7) is 2.34. The average Bonchev–Trinajstić information content (AvgIpc) is 2.62. The van der Waals surface area contributed by atoms with Crippen molar-refractivity contribution in [3.05, 3.63) is 41.3 Å². The Kier molecular flexibility index (Phi) is 3.50. The predicted molar refractivity (Wildman–Crippen MR) is 68.2 cm³/mol. The van der Waals surface area contributed by atoms with Gasteiger partial charge in [0.15, 0.2) is 0 Å². The maximum absolute atomic E-state index is 12.8. The summed E-state index contributed by atoms with van der Waals surface area (Å²) in [4.78, 5) is 0. The fourth-order valence-corrected chi connectivity index (χ4v) is 1.87. The van der Waals surface area contributed by atoms with Crippen LogP contribution in [0.15, 0.2) is 24.3 Å². The molecule has 2 aromatic rings. The molecule has 4 nitrogen and oxygen atoms in total. The lowest BCUT2D eigenvalue weighted by Crippen LogP contribution is -2.03. The van der Waals surface area contributed by atoms with Gasteiger partial charge in [0, 0.05) is 14.1 Å². The first-order chi connectivity index (χ1) is 8.61. The van der Waals surface area contributed by atoms with Crippen molar-refractivity contribution in [2.75, 3.05) is 12.4 Å². The molecule has 0 aliphatic heterocycles. The second kappa shape index (κ2) is 5.08. The highest BCUT2D eigenvalue weighted by atomic mass is 19.1. The maximum Gasteiger partial charge on any atom is 0.130 e. The largest absolute Gasteiger partial charge is 0.489 e. The van der Waals surface area contributed by atoms with Crippen molar-refractivity contribution in [1.29, 1.82) is 0 Å². The van der Waals surface area contributed by atoms with Crippen LogP contribution in [0.2, 0.25) is 0 Å². The summed E-state index contributed by atoms with van der Waals surface area (Å²) in [6.07, 6.45) is 0. The molecule has 0 amide bonds. The summed E-state index contributed by atoms with van der Waals surface area (Å²) in [7, 11) is 3.72. The molecule has 1 heterocycles.